The van der Waals surface area contributed by atoms with Crippen molar-refractivity contribution in [1.29, 1.82) is 0 Å². The fourth-order valence-electron chi connectivity index (χ4n) is 4.27. The van der Waals surface area contributed by atoms with Crippen LogP contribution in [0.3, 0.4) is 0 Å². The standard InChI is InChI=1S/C22H27N3O3/c1-16-22(27)24(13-17-8-4-2-5-9-17)15-21(26)25(16)14-19-12-20(23-28-19)18-10-6-3-7-11-18/h2,4-5,8-9,12,16,18H,3,6-7,10-11,13-15H2,1H3/t16-/m0/s1. The first-order valence-electron chi connectivity index (χ1n) is 10.2. The summed E-state index contributed by atoms with van der Waals surface area (Å²) in [7, 11) is 0. The lowest BCUT2D eigenvalue weighted by atomic mass is 9.87. The fourth-order valence-corrected chi connectivity index (χ4v) is 4.27. The minimum absolute atomic E-state index is 0.0320. The first kappa shape index (κ1) is 18.7. The molecule has 4 rings (SSSR count). The van der Waals surface area contributed by atoms with Crippen molar-refractivity contribution >= 4 is 11.8 Å². The van der Waals surface area contributed by atoms with Gasteiger partial charge < -0.3 is 14.3 Å². The van der Waals surface area contributed by atoms with E-state index in [4.69, 9.17) is 4.52 Å². The van der Waals surface area contributed by atoms with E-state index >= 15 is 0 Å². The third kappa shape index (κ3) is 3.96. The summed E-state index contributed by atoms with van der Waals surface area (Å²) in [6.07, 6.45) is 6.07. The van der Waals surface area contributed by atoms with Gasteiger partial charge in [-0.3, -0.25) is 9.59 Å². The average Bonchev–Trinajstić information content (AvgIpc) is 3.19. The smallest absolute Gasteiger partial charge is 0.245 e. The number of hydrogen-bond donors (Lipinski definition) is 0. The van der Waals surface area contributed by atoms with Gasteiger partial charge in [-0.25, -0.2) is 0 Å². The van der Waals surface area contributed by atoms with Gasteiger partial charge in [0.25, 0.3) is 0 Å². The Labute approximate surface area is 165 Å². The summed E-state index contributed by atoms with van der Waals surface area (Å²) in [4.78, 5) is 28.8. The van der Waals surface area contributed by atoms with E-state index in [9.17, 15) is 9.59 Å². The second-order valence-corrected chi connectivity index (χ2v) is 7.93. The van der Waals surface area contributed by atoms with Crippen molar-refractivity contribution in [3.63, 3.8) is 0 Å². The van der Waals surface area contributed by atoms with Crippen LogP contribution < -0.4 is 0 Å². The van der Waals surface area contributed by atoms with Crippen molar-refractivity contribution < 1.29 is 14.1 Å². The quantitative estimate of drug-likeness (QED) is 0.795. The molecule has 0 N–H and O–H groups in total. The molecular weight excluding hydrogens is 354 g/mol. The molecule has 2 amide bonds. The van der Waals surface area contributed by atoms with E-state index in [0.717, 1.165) is 24.1 Å². The lowest BCUT2D eigenvalue weighted by molar-refractivity contribution is -0.156. The zero-order valence-corrected chi connectivity index (χ0v) is 16.3. The van der Waals surface area contributed by atoms with Crippen molar-refractivity contribution in [2.24, 2.45) is 0 Å². The molecule has 0 radical (unpaired) electrons. The van der Waals surface area contributed by atoms with Gasteiger partial charge in [-0.05, 0) is 25.3 Å². The van der Waals surface area contributed by atoms with Crippen LogP contribution >= 0.6 is 0 Å². The summed E-state index contributed by atoms with van der Waals surface area (Å²) in [5.74, 6) is 1.03. The maximum absolute atomic E-state index is 12.8. The Balaban J connectivity index is 1.41. The van der Waals surface area contributed by atoms with E-state index in [2.05, 4.69) is 5.16 Å². The molecule has 0 spiro atoms. The second kappa shape index (κ2) is 8.17. The maximum atomic E-state index is 12.8. The maximum Gasteiger partial charge on any atom is 0.245 e. The normalized spacial score (nSPS) is 21.4. The molecule has 2 heterocycles. The molecule has 1 atom stereocenters. The molecule has 1 aromatic carbocycles. The number of nitrogens with zero attached hydrogens (tertiary/aromatic N) is 3. The van der Waals surface area contributed by atoms with Crippen LogP contribution in [0.2, 0.25) is 0 Å². The van der Waals surface area contributed by atoms with E-state index in [0.29, 0.717) is 24.8 Å². The molecule has 28 heavy (non-hydrogen) atoms. The summed E-state index contributed by atoms with van der Waals surface area (Å²) in [6.45, 7) is 2.64. The Morgan fingerprint density at radius 1 is 1.07 bits per heavy atom. The minimum atomic E-state index is -0.506. The first-order valence-corrected chi connectivity index (χ1v) is 10.2. The first-order chi connectivity index (χ1) is 13.6. The molecule has 1 aliphatic carbocycles. The molecule has 6 heteroatoms. The van der Waals surface area contributed by atoms with E-state index in [1.807, 2.05) is 36.4 Å². The molecule has 1 aliphatic heterocycles. The highest BCUT2D eigenvalue weighted by molar-refractivity contribution is 5.94. The molecular formula is C22H27N3O3. The number of hydrogen-bond acceptors (Lipinski definition) is 4. The van der Waals surface area contributed by atoms with Crippen molar-refractivity contribution in [2.45, 2.75) is 64.1 Å². The number of benzene rings is 1. The van der Waals surface area contributed by atoms with Gasteiger partial charge in [-0.2, -0.15) is 0 Å². The van der Waals surface area contributed by atoms with Crippen molar-refractivity contribution in [1.82, 2.24) is 15.0 Å². The highest BCUT2D eigenvalue weighted by atomic mass is 16.5. The van der Waals surface area contributed by atoms with Gasteiger partial charge in [-0.15, -0.1) is 0 Å². The van der Waals surface area contributed by atoms with Crippen LogP contribution in [0.4, 0.5) is 0 Å². The molecule has 2 aromatic rings. The Kier molecular flexibility index (Phi) is 5.46. The summed E-state index contributed by atoms with van der Waals surface area (Å²) in [6, 6.07) is 11.2. The van der Waals surface area contributed by atoms with Crippen LogP contribution in [0.25, 0.3) is 0 Å². The van der Waals surface area contributed by atoms with Crippen LogP contribution in [-0.4, -0.2) is 39.4 Å². The van der Waals surface area contributed by atoms with Crippen molar-refractivity contribution in [3.05, 3.63) is 53.4 Å². The molecule has 1 saturated heterocycles. The van der Waals surface area contributed by atoms with Crippen LogP contribution in [0, 0.1) is 0 Å². The second-order valence-electron chi connectivity index (χ2n) is 7.93. The third-order valence-corrected chi connectivity index (χ3v) is 5.93. The molecule has 148 valence electrons. The molecule has 0 unspecified atom stereocenters. The molecule has 2 aliphatic rings. The Morgan fingerprint density at radius 3 is 2.57 bits per heavy atom. The Morgan fingerprint density at radius 2 is 1.82 bits per heavy atom. The van der Waals surface area contributed by atoms with Gasteiger partial charge in [-0.1, -0.05) is 54.8 Å². The largest absolute Gasteiger partial charge is 0.359 e. The average molecular weight is 381 g/mol. The summed E-state index contributed by atoms with van der Waals surface area (Å²) in [5.41, 5.74) is 2.01. The van der Waals surface area contributed by atoms with E-state index in [-0.39, 0.29) is 18.4 Å². The highest BCUT2D eigenvalue weighted by Crippen LogP contribution is 2.32. The molecule has 0 bridgehead atoms. The summed E-state index contributed by atoms with van der Waals surface area (Å²) < 4.78 is 5.51. The van der Waals surface area contributed by atoms with Crippen molar-refractivity contribution in [2.75, 3.05) is 6.54 Å². The van der Waals surface area contributed by atoms with Crippen molar-refractivity contribution in [3.8, 4) is 0 Å². The Hall–Kier alpha value is -2.63. The predicted octanol–water partition coefficient (Wildman–Crippen LogP) is 3.48. The van der Waals surface area contributed by atoms with Gasteiger partial charge in [0.2, 0.25) is 11.8 Å². The van der Waals surface area contributed by atoms with E-state index < -0.39 is 6.04 Å². The van der Waals surface area contributed by atoms with Crippen LogP contribution in [0.5, 0.6) is 0 Å². The van der Waals surface area contributed by atoms with Gasteiger partial charge in [0.15, 0.2) is 5.76 Å². The number of carbonyl (C=O) groups is 2. The topological polar surface area (TPSA) is 66.7 Å². The van der Waals surface area contributed by atoms with Crippen LogP contribution in [-0.2, 0) is 22.7 Å². The fraction of sp³-hybridized carbons (Fsp3) is 0.500. The van der Waals surface area contributed by atoms with Gasteiger partial charge in [0.05, 0.1) is 12.2 Å². The lowest BCUT2D eigenvalue weighted by Crippen LogP contribution is -2.57. The molecule has 6 nitrogen and oxygen atoms in total. The zero-order valence-electron chi connectivity index (χ0n) is 16.3. The molecule has 2 fully saturated rings. The third-order valence-electron chi connectivity index (χ3n) is 5.93. The number of amides is 2. The lowest BCUT2D eigenvalue weighted by Gasteiger charge is -2.38. The van der Waals surface area contributed by atoms with E-state index in [1.165, 1.54) is 19.3 Å². The predicted molar refractivity (Wildman–Crippen MR) is 104 cm³/mol. The molecule has 1 aromatic heterocycles. The summed E-state index contributed by atoms with van der Waals surface area (Å²) in [5, 5.41) is 4.24. The molecule has 1 saturated carbocycles. The van der Waals surface area contributed by atoms with Crippen LogP contribution in [0.15, 0.2) is 40.9 Å². The van der Waals surface area contributed by atoms with Gasteiger partial charge >= 0.3 is 0 Å². The summed E-state index contributed by atoms with van der Waals surface area (Å²) >= 11 is 0. The highest BCUT2D eigenvalue weighted by Gasteiger charge is 2.37. The SMILES string of the molecule is C[C@H]1C(=O)N(Cc2ccccc2)CC(=O)N1Cc1cc(C2CCCCC2)no1. The van der Waals surface area contributed by atoms with Crippen LogP contribution in [0.1, 0.15) is 62.0 Å². The Bertz CT molecular complexity index is 827. The number of rotatable bonds is 5. The number of carbonyl (C=O) groups excluding carboxylic acids is 2. The van der Waals surface area contributed by atoms with Gasteiger partial charge in [0, 0.05) is 18.5 Å². The van der Waals surface area contributed by atoms with Gasteiger partial charge in [0.1, 0.15) is 12.6 Å². The van der Waals surface area contributed by atoms with E-state index in [1.54, 1.807) is 16.7 Å². The number of aromatic nitrogens is 1. The number of piperazine rings is 1. The monoisotopic (exact) mass is 381 g/mol. The zero-order chi connectivity index (χ0) is 19.5. The minimum Gasteiger partial charge on any atom is -0.359 e.